The first-order valence-corrected chi connectivity index (χ1v) is 3.98. The largest absolute Gasteiger partial charge is 0.391 e. The number of aromatic nitrogens is 1. The highest BCUT2D eigenvalue weighted by Gasteiger charge is 2.16. The molecule has 0 saturated carbocycles. The zero-order valence-electron chi connectivity index (χ0n) is 6.64. The van der Waals surface area contributed by atoms with Crippen LogP contribution in [0.1, 0.15) is 12.0 Å². The number of hydrogen-bond acceptors (Lipinski definition) is 3. The number of hydrogen-bond donors (Lipinski definition) is 1. The Bertz CT molecular complexity index is 295. The average Bonchev–Trinajstić information content (AvgIpc) is 2.54. The zero-order chi connectivity index (χ0) is 8.39. The molecule has 0 radical (unpaired) electrons. The number of pyridine rings is 1. The van der Waals surface area contributed by atoms with Crippen LogP contribution in [-0.2, 0) is 0 Å². The predicted octanol–water partition coefficient (Wildman–Crippen LogP) is 0.635. The van der Waals surface area contributed by atoms with E-state index in [0.29, 0.717) is 13.0 Å². The van der Waals surface area contributed by atoms with Gasteiger partial charge in [0.05, 0.1) is 12.6 Å². The summed E-state index contributed by atoms with van der Waals surface area (Å²) >= 11 is 0. The van der Waals surface area contributed by atoms with Gasteiger partial charge in [-0.3, -0.25) is 9.98 Å². The molecule has 0 spiro atoms. The van der Waals surface area contributed by atoms with Crippen molar-refractivity contribution in [2.45, 2.75) is 12.5 Å². The van der Waals surface area contributed by atoms with Gasteiger partial charge in [-0.2, -0.15) is 0 Å². The molecule has 1 aliphatic heterocycles. The molecule has 1 unspecified atom stereocenters. The SMILES string of the molecule is OC1CN=C(c2cccnc2)C1. The van der Waals surface area contributed by atoms with Crippen LogP contribution >= 0.6 is 0 Å². The first kappa shape index (κ1) is 7.43. The van der Waals surface area contributed by atoms with Crippen molar-refractivity contribution in [1.82, 2.24) is 4.98 Å². The Morgan fingerprint density at radius 1 is 1.50 bits per heavy atom. The number of aliphatic hydroxyl groups excluding tert-OH is 1. The van der Waals surface area contributed by atoms with Crippen molar-refractivity contribution in [3.63, 3.8) is 0 Å². The smallest absolute Gasteiger partial charge is 0.0790 e. The van der Waals surface area contributed by atoms with Crippen molar-refractivity contribution in [2.24, 2.45) is 4.99 Å². The molecule has 1 N–H and O–H groups in total. The van der Waals surface area contributed by atoms with Gasteiger partial charge in [-0.05, 0) is 6.07 Å². The van der Waals surface area contributed by atoms with Crippen LogP contribution in [0.4, 0.5) is 0 Å². The summed E-state index contributed by atoms with van der Waals surface area (Å²) in [6.45, 7) is 0.532. The summed E-state index contributed by atoms with van der Waals surface area (Å²) in [5.41, 5.74) is 1.99. The molecule has 0 aliphatic carbocycles. The molecule has 12 heavy (non-hydrogen) atoms. The molecule has 3 nitrogen and oxygen atoms in total. The standard InChI is InChI=1S/C9H10N2O/c12-8-4-9(11-6-8)7-2-1-3-10-5-7/h1-3,5,8,12H,4,6H2. The van der Waals surface area contributed by atoms with Crippen LogP contribution in [0.3, 0.4) is 0 Å². The highest BCUT2D eigenvalue weighted by Crippen LogP contribution is 2.11. The van der Waals surface area contributed by atoms with Crippen molar-refractivity contribution >= 4 is 5.71 Å². The van der Waals surface area contributed by atoms with Gasteiger partial charge in [-0.15, -0.1) is 0 Å². The van der Waals surface area contributed by atoms with E-state index in [-0.39, 0.29) is 6.10 Å². The number of rotatable bonds is 1. The van der Waals surface area contributed by atoms with Crippen LogP contribution in [0.2, 0.25) is 0 Å². The van der Waals surface area contributed by atoms with Crippen molar-refractivity contribution in [2.75, 3.05) is 6.54 Å². The topological polar surface area (TPSA) is 45.5 Å². The second-order valence-electron chi connectivity index (χ2n) is 2.89. The summed E-state index contributed by atoms with van der Waals surface area (Å²) in [5.74, 6) is 0. The minimum Gasteiger partial charge on any atom is -0.391 e. The maximum atomic E-state index is 9.23. The molecule has 2 heterocycles. The van der Waals surface area contributed by atoms with E-state index in [1.807, 2.05) is 12.1 Å². The summed E-state index contributed by atoms with van der Waals surface area (Å²) in [7, 11) is 0. The fourth-order valence-electron chi connectivity index (χ4n) is 1.31. The van der Waals surface area contributed by atoms with Gasteiger partial charge in [-0.1, -0.05) is 6.07 Å². The van der Waals surface area contributed by atoms with Crippen LogP contribution in [0.5, 0.6) is 0 Å². The minimum atomic E-state index is -0.291. The third kappa shape index (κ3) is 1.36. The summed E-state index contributed by atoms with van der Waals surface area (Å²) in [6.07, 6.45) is 3.87. The minimum absolute atomic E-state index is 0.291. The Kier molecular flexibility index (Phi) is 1.87. The van der Waals surface area contributed by atoms with Gasteiger partial charge in [-0.25, -0.2) is 0 Å². The van der Waals surface area contributed by atoms with Crippen LogP contribution in [0.15, 0.2) is 29.5 Å². The lowest BCUT2D eigenvalue weighted by Gasteiger charge is -1.99. The Balaban J connectivity index is 2.22. The molecule has 62 valence electrons. The van der Waals surface area contributed by atoms with Crippen LogP contribution in [0, 0.1) is 0 Å². The van der Waals surface area contributed by atoms with E-state index in [9.17, 15) is 5.11 Å². The number of nitrogens with zero attached hydrogens (tertiary/aromatic N) is 2. The summed E-state index contributed by atoms with van der Waals surface area (Å²) in [4.78, 5) is 8.21. The van der Waals surface area contributed by atoms with E-state index < -0.39 is 0 Å². The number of aliphatic hydroxyl groups is 1. The average molecular weight is 162 g/mol. The Hall–Kier alpha value is -1.22. The fourth-order valence-corrected chi connectivity index (χ4v) is 1.31. The predicted molar refractivity (Wildman–Crippen MR) is 46.3 cm³/mol. The molecular weight excluding hydrogens is 152 g/mol. The molecule has 1 atom stereocenters. The molecule has 1 aromatic rings. The van der Waals surface area contributed by atoms with E-state index in [1.54, 1.807) is 12.4 Å². The zero-order valence-corrected chi connectivity index (χ0v) is 6.64. The van der Waals surface area contributed by atoms with Crippen molar-refractivity contribution in [3.8, 4) is 0 Å². The Labute approximate surface area is 70.8 Å². The Morgan fingerprint density at radius 2 is 2.42 bits per heavy atom. The molecule has 3 heteroatoms. The van der Waals surface area contributed by atoms with Gasteiger partial charge < -0.3 is 5.11 Å². The fraction of sp³-hybridized carbons (Fsp3) is 0.333. The monoisotopic (exact) mass is 162 g/mol. The van der Waals surface area contributed by atoms with E-state index in [1.165, 1.54) is 0 Å². The van der Waals surface area contributed by atoms with Gasteiger partial charge in [0.25, 0.3) is 0 Å². The molecule has 1 aliphatic rings. The second-order valence-corrected chi connectivity index (χ2v) is 2.89. The lowest BCUT2D eigenvalue weighted by molar-refractivity contribution is 0.200. The molecule has 2 rings (SSSR count). The second kappa shape index (κ2) is 3.03. The van der Waals surface area contributed by atoms with Gasteiger partial charge in [0, 0.05) is 30.1 Å². The first-order valence-electron chi connectivity index (χ1n) is 3.98. The molecular formula is C9H10N2O. The maximum Gasteiger partial charge on any atom is 0.0790 e. The molecule has 0 fully saturated rings. The van der Waals surface area contributed by atoms with Crippen LogP contribution in [0.25, 0.3) is 0 Å². The third-order valence-electron chi connectivity index (χ3n) is 1.92. The summed E-state index contributed by atoms with van der Waals surface area (Å²) in [5, 5.41) is 9.23. The highest BCUT2D eigenvalue weighted by molar-refractivity contribution is 6.01. The van der Waals surface area contributed by atoms with Gasteiger partial charge >= 0.3 is 0 Å². The molecule has 0 saturated heterocycles. The first-order chi connectivity index (χ1) is 5.86. The van der Waals surface area contributed by atoms with Crippen LogP contribution < -0.4 is 0 Å². The van der Waals surface area contributed by atoms with Gasteiger partial charge in [0.15, 0.2) is 0 Å². The molecule has 0 amide bonds. The van der Waals surface area contributed by atoms with Crippen molar-refractivity contribution in [3.05, 3.63) is 30.1 Å². The van der Waals surface area contributed by atoms with Crippen LogP contribution in [-0.4, -0.2) is 28.5 Å². The summed E-state index contributed by atoms with van der Waals surface area (Å²) < 4.78 is 0. The quantitative estimate of drug-likeness (QED) is 0.658. The molecule has 0 bridgehead atoms. The highest BCUT2D eigenvalue weighted by atomic mass is 16.3. The van der Waals surface area contributed by atoms with Gasteiger partial charge in [0.2, 0.25) is 0 Å². The molecule has 1 aromatic heterocycles. The van der Waals surface area contributed by atoms with E-state index in [4.69, 9.17) is 0 Å². The lowest BCUT2D eigenvalue weighted by Crippen LogP contribution is -2.07. The van der Waals surface area contributed by atoms with Crippen molar-refractivity contribution < 1.29 is 5.11 Å². The lowest BCUT2D eigenvalue weighted by atomic mass is 10.1. The van der Waals surface area contributed by atoms with Crippen molar-refractivity contribution in [1.29, 1.82) is 0 Å². The van der Waals surface area contributed by atoms with E-state index >= 15 is 0 Å². The maximum absolute atomic E-state index is 9.23. The normalized spacial score (nSPS) is 22.4. The summed E-state index contributed by atoms with van der Waals surface area (Å²) in [6, 6.07) is 3.84. The van der Waals surface area contributed by atoms with Gasteiger partial charge in [0.1, 0.15) is 0 Å². The van der Waals surface area contributed by atoms with E-state index in [0.717, 1.165) is 11.3 Å². The third-order valence-corrected chi connectivity index (χ3v) is 1.92. The molecule has 0 aromatic carbocycles. The number of aliphatic imine (C=N–C) groups is 1. The van der Waals surface area contributed by atoms with E-state index in [2.05, 4.69) is 9.98 Å². The Morgan fingerprint density at radius 3 is 3.00 bits per heavy atom.